The molecule has 1 N–H and O–H groups in total. The molecule has 0 spiro atoms. The number of nitrogens with zero attached hydrogens (tertiary/aromatic N) is 4. The maximum atomic E-state index is 13.0. The molecule has 2 heterocycles. The molecule has 0 aromatic carbocycles. The third kappa shape index (κ3) is 5.45. The first-order chi connectivity index (χ1) is 11.7. The first-order valence-electron chi connectivity index (χ1n) is 7.54. The summed E-state index contributed by atoms with van der Waals surface area (Å²) in [6.07, 6.45) is -1.51. The number of alkyl halides is 3. The van der Waals surface area contributed by atoms with Crippen LogP contribution in [0, 0.1) is 0 Å². The highest BCUT2D eigenvalue weighted by Crippen LogP contribution is 2.30. The molecule has 6 nitrogen and oxygen atoms in total. The predicted octanol–water partition coefficient (Wildman–Crippen LogP) is 2.91. The van der Waals surface area contributed by atoms with Crippen LogP contribution >= 0.6 is 11.8 Å². The molecular weight excluding hydrogens is 355 g/mol. The SMILES string of the molecule is CC(C)NC(=O)[C@@H](C)Sc1nnc(-c2ccncc2)n1CC(F)(F)F. The van der Waals surface area contributed by atoms with Gasteiger partial charge < -0.3 is 5.32 Å². The molecule has 10 heteroatoms. The van der Waals surface area contributed by atoms with E-state index in [0.29, 0.717) is 5.56 Å². The zero-order valence-corrected chi connectivity index (χ0v) is 14.7. The van der Waals surface area contributed by atoms with Crippen molar-refractivity contribution in [3.8, 4) is 11.4 Å². The minimum Gasteiger partial charge on any atom is -0.353 e. The molecule has 2 aromatic rings. The van der Waals surface area contributed by atoms with Crippen molar-refractivity contribution >= 4 is 17.7 Å². The van der Waals surface area contributed by atoms with E-state index in [0.717, 1.165) is 16.3 Å². The molecule has 0 radical (unpaired) electrons. The van der Waals surface area contributed by atoms with Crippen LogP contribution in [0.25, 0.3) is 11.4 Å². The number of hydrogen-bond acceptors (Lipinski definition) is 5. The quantitative estimate of drug-likeness (QED) is 0.789. The first-order valence-corrected chi connectivity index (χ1v) is 8.42. The molecule has 0 unspecified atom stereocenters. The van der Waals surface area contributed by atoms with Gasteiger partial charge in [-0.3, -0.25) is 14.3 Å². The van der Waals surface area contributed by atoms with Crippen LogP contribution in [0.15, 0.2) is 29.7 Å². The maximum Gasteiger partial charge on any atom is 0.406 e. The Balaban J connectivity index is 2.32. The van der Waals surface area contributed by atoms with E-state index in [1.165, 1.54) is 12.4 Å². The first kappa shape index (κ1) is 19.2. The van der Waals surface area contributed by atoms with E-state index in [2.05, 4.69) is 20.5 Å². The second kappa shape index (κ2) is 7.85. The molecule has 0 saturated carbocycles. The lowest BCUT2D eigenvalue weighted by Gasteiger charge is -2.16. The third-order valence-corrected chi connectivity index (χ3v) is 4.16. The number of carbonyl (C=O) groups is 1. The number of halogens is 3. The van der Waals surface area contributed by atoms with E-state index in [-0.39, 0.29) is 22.9 Å². The van der Waals surface area contributed by atoms with Crippen molar-refractivity contribution in [2.75, 3.05) is 0 Å². The molecule has 136 valence electrons. The zero-order chi connectivity index (χ0) is 18.6. The van der Waals surface area contributed by atoms with Gasteiger partial charge in [-0.05, 0) is 32.9 Å². The van der Waals surface area contributed by atoms with Crippen LogP contribution in [0.3, 0.4) is 0 Å². The second-order valence-corrected chi connectivity index (χ2v) is 6.97. The van der Waals surface area contributed by atoms with Crippen LogP contribution in [-0.2, 0) is 11.3 Å². The number of thioether (sulfide) groups is 1. The van der Waals surface area contributed by atoms with Gasteiger partial charge >= 0.3 is 6.18 Å². The smallest absolute Gasteiger partial charge is 0.353 e. The Labute approximate surface area is 147 Å². The fraction of sp³-hybridized carbons (Fsp3) is 0.467. The van der Waals surface area contributed by atoms with Gasteiger partial charge in [-0.2, -0.15) is 13.2 Å². The van der Waals surface area contributed by atoms with Gasteiger partial charge in [-0.15, -0.1) is 10.2 Å². The highest BCUT2D eigenvalue weighted by Gasteiger charge is 2.32. The van der Waals surface area contributed by atoms with Crippen LogP contribution in [0.5, 0.6) is 0 Å². The predicted molar refractivity (Wildman–Crippen MR) is 87.9 cm³/mol. The summed E-state index contributed by atoms with van der Waals surface area (Å²) >= 11 is 0.938. The van der Waals surface area contributed by atoms with Gasteiger partial charge in [0.1, 0.15) is 6.54 Å². The molecule has 0 aliphatic heterocycles. The molecule has 25 heavy (non-hydrogen) atoms. The van der Waals surface area contributed by atoms with Gasteiger partial charge in [0.05, 0.1) is 5.25 Å². The Morgan fingerprint density at radius 1 is 1.24 bits per heavy atom. The van der Waals surface area contributed by atoms with Gasteiger partial charge in [-0.25, -0.2) is 0 Å². The van der Waals surface area contributed by atoms with E-state index < -0.39 is 18.0 Å². The minimum absolute atomic E-state index is 0.0375. The maximum absolute atomic E-state index is 13.0. The Bertz CT molecular complexity index is 718. The highest BCUT2D eigenvalue weighted by atomic mass is 32.2. The number of rotatable bonds is 6. The lowest BCUT2D eigenvalue weighted by atomic mass is 10.2. The van der Waals surface area contributed by atoms with E-state index >= 15 is 0 Å². The van der Waals surface area contributed by atoms with Gasteiger partial charge in [0.2, 0.25) is 5.91 Å². The van der Waals surface area contributed by atoms with Crippen LogP contribution in [0.1, 0.15) is 20.8 Å². The van der Waals surface area contributed by atoms with Gasteiger partial charge in [0, 0.05) is 24.0 Å². The molecule has 0 saturated heterocycles. The summed E-state index contributed by atoms with van der Waals surface area (Å²) in [4.78, 5) is 15.9. The Kier molecular flexibility index (Phi) is 6.04. The topological polar surface area (TPSA) is 72.7 Å². The number of carbonyl (C=O) groups excluding carboxylic acids is 1. The summed E-state index contributed by atoms with van der Waals surface area (Å²) < 4.78 is 39.9. The molecule has 0 bridgehead atoms. The summed E-state index contributed by atoms with van der Waals surface area (Å²) in [5.74, 6) is -0.189. The van der Waals surface area contributed by atoms with Gasteiger partial charge in [0.25, 0.3) is 0 Å². The van der Waals surface area contributed by atoms with Crippen molar-refractivity contribution in [2.24, 2.45) is 0 Å². The van der Waals surface area contributed by atoms with E-state index in [1.54, 1.807) is 19.1 Å². The van der Waals surface area contributed by atoms with Crippen LogP contribution in [0.4, 0.5) is 13.2 Å². The van der Waals surface area contributed by atoms with Crippen molar-refractivity contribution in [3.05, 3.63) is 24.5 Å². The lowest BCUT2D eigenvalue weighted by molar-refractivity contribution is -0.141. The summed E-state index contributed by atoms with van der Waals surface area (Å²) in [6.45, 7) is 3.99. The lowest BCUT2D eigenvalue weighted by Crippen LogP contribution is -2.36. The van der Waals surface area contributed by atoms with E-state index in [9.17, 15) is 18.0 Å². The van der Waals surface area contributed by atoms with Crippen LogP contribution in [0.2, 0.25) is 0 Å². The van der Waals surface area contributed by atoms with Crippen molar-refractivity contribution < 1.29 is 18.0 Å². The van der Waals surface area contributed by atoms with Crippen LogP contribution in [-0.4, -0.2) is 43.1 Å². The van der Waals surface area contributed by atoms with Crippen molar-refractivity contribution in [3.63, 3.8) is 0 Å². The normalized spacial score (nSPS) is 13.1. The molecule has 0 aliphatic rings. The number of aromatic nitrogens is 4. The Morgan fingerprint density at radius 3 is 2.44 bits per heavy atom. The van der Waals surface area contributed by atoms with Crippen LogP contribution < -0.4 is 5.32 Å². The zero-order valence-electron chi connectivity index (χ0n) is 13.9. The molecule has 1 atom stereocenters. The number of hydrogen-bond donors (Lipinski definition) is 1. The standard InChI is InChI=1S/C15H18F3N5OS/c1-9(2)20-13(24)10(3)25-14-22-21-12(11-4-6-19-7-5-11)23(14)8-15(16,17)18/h4-7,9-10H,8H2,1-3H3,(H,20,24)/t10-/m1/s1. The molecule has 1 amide bonds. The fourth-order valence-electron chi connectivity index (χ4n) is 2.03. The molecule has 0 fully saturated rings. The highest BCUT2D eigenvalue weighted by molar-refractivity contribution is 8.00. The summed E-state index contributed by atoms with van der Waals surface area (Å²) in [7, 11) is 0. The largest absolute Gasteiger partial charge is 0.406 e. The number of amides is 1. The van der Waals surface area contributed by atoms with E-state index in [4.69, 9.17) is 0 Å². The van der Waals surface area contributed by atoms with Crippen molar-refractivity contribution in [1.82, 2.24) is 25.1 Å². The summed E-state index contributed by atoms with van der Waals surface area (Å²) in [6, 6.07) is 3.05. The third-order valence-electron chi connectivity index (χ3n) is 3.08. The Morgan fingerprint density at radius 2 is 1.88 bits per heavy atom. The van der Waals surface area contributed by atoms with Gasteiger partial charge in [-0.1, -0.05) is 11.8 Å². The Hall–Kier alpha value is -2.10. The van der Waals surface area contributed by atoms with Crippen molar-refractivity contribution in [1.29, 1.82) is 0 Å². The molecule has 2 rings (SSSR count). The average molecular weight is 373 g/mol. The molecule has 2 aromatic heterocycles. The number of nitrogens with one attached hydrogen (secondary N) is 1. The summed E-state index contributed by atoms with van der Waals surface area (Å²) in [5, 5.41) is 9.88. The number of pyridine rings is 1. The summed E-state index contributed by atoms with van der Waals surface area (Å²) in [5.41, 5.74) is 0.470. The van der Waals surface area contributed by atoms with Crippen molar-refractivity contribution in [2.45, 2.75) is 49.9 Å². The molecule has 0 aliphatic carbocycles. The van der Waals surface area contributed by atoms with Gasteiger partial charge in [0.15, 0.2) is 11.0 Å². The minimum atomic E-state index is -4.44. The fourth-order valence-corrected chi connectivity index (χ4v) is 2.88. The molecular formula is C15H18F3N5OS. The monoisotopic (exact) mass is 373 g/mol. The average Bonchev–Trinajstić information content (AvgIpc) is 2.88. The van der Waals surface area contributed by atoms with E-state index in [1.807, 2.05) is 13.8 Å². The second-order valence-electron chi connectivity index (χ2n) is 5.67.